The smallest absolute Gasteiger partial charge is 0.129 e. The van der Waals surface area contributed by atoms with Gasteiger partial charge in [-0.1, -0.05) is 57.1 Å². The maximum Gasteiger partial charge on any atom is 0.129 e. The van der Waals surface area contributed by atoms with E-state index < -0.39 is 8.07 Å². The largest absolute Gasteiger partial charge is 0.369 e. The molecule has 0 radical (unpaired) electrons. The lowest BCUT2D eigenvalue weighted by Gasteiger charge is -2.52. The van der Waals surface area contributed by atoms with Crippen molar-refractivity contribution in [1.82, 2.24) is 15.5 Å². The van der Waals surface area contributed by atoms with Crippen LogP contribution in [-0.2, 0) is 0 Å². The van der Waals surface area contributed by atoms with Crippen LogP contribution in [-0.4, -0.2) is 50.2 Å². The van der Waals surface area contributed by atoms with Crippen LogP contribution in [0, 0.1) is 11.5 Å². The van der Waals surface area contributed by atoms with Crippen LogP contribution < -0.4 is 10.6 Å². The predicted molar refractivity (Wildman–Crippen MR) is 140 cm³/mol. The molecule has 3 nitrogen and oxygen atoms in total. The van der Waals surface area contributed by atoms with Crippen LogP contribution in [0.5, 0.6) is 0 Å². The van der Waals surface area contributed by atoms with Crippen molar-refractivity contribution < 1.29 is 0 Å². The second-order valence-electron chi connectivity index (χ2n) is 11.2. The Morgan fingerprint density at radius 3 is 1.91 bits per heavy atom. The van der Waals surface area contributed by atoms with Gasteiger partial charge in [0.2, 0.25) is 0 Å². The molecule has 0 aromatic heterocycles. The zero-order valence-electron chi connectivity index (χ0n) is 20.5. The fourth-order valence-electron chi connectivity index (χ4n) is 5.97. The van der Waals surface area contributed by atoms with E-state index in [9.17, 15) is 0 Å². The van der Waals surface area contributed by atoms with Crippen LogP contribution in [0.1, 0.15) is 68.4 Å². The fourth-order valence-corrected chi connectivity index (χ4v) is 6.49. The lowest BCUT2D eigenvalue weighted by Crippen LogP contribution is -2.61. The van der Waals surface area contributed by atoms with E-state index in [4.69, 9.17) is 0 Å². The highest BCUT2D eigenvalue weighted by molar-refractivity contribution is 6.83. The molecule has 3 heterocycles. The van der Waals surface area contributed by atoms with Crippen molar-refractivity contribution in [3.05, 3.63) is 48.2 Å². The summed E-state index contributed by atoms with van der Waals surface area (Å²) in [5, 5.41) is 7.73. The molecular formula is C28H43N3Si. The molecule has 174 valence electrons. The van der Waals surface area contributed by atoms with E-state index in [1.165, 1.54) is 56.9 Å². The molecule has 4 unspecified atom stereocenters. The minimum atomic E-state index is -1.34. The van der Waals surface area contributed by atoms with Gasteiger partial charge >= 0.3 is 0 Å². The highest BCUT2D eigenvalue weighted by Gasteiger charge is 2.41. The summed E-state index contributed by atoms with van der Waals surface area (Å²) >= 11 is 0. The molecule has 3 aliphatic rings. The summed E-state index contributed by atoms with van der Waals surface area (Å²) in [6, 6.07) is 11.5. The van der Waals surface area contributed by atoms with Gasteiger partial charge in [0, 0.05) is 29.7 Å². The summed E-state index contributed by atoms with van der Waals surface area (Å²) in [5.74, 6) is 4.03. The van der Waals surface area contributed by atoms with Crippen LogP contribution in [0.15, 0.2) is 37.0 Å². The first-order valence-corrected chi connectivity index (χ1v) is 16.4. The summed E-state index contributed by atoms with van der Waals surface area (Å²) in [5.41, 5.74) is 6.16. The quantitative estimate of drug-likeness (QED) is 0.485. The molecule has 4 atom stereocenters. The third-order valence-electron chi connectivity index (χ3n) is 7.62. The number of likely N-dealkylation sites (tertiary alicyclic amines) is 1. The van der Waals surface area contributed by atoms with Crippen molar-refractivity contribution in [1.29, 1.82) is 0 Å². The van der Waals surface area contributed by atoms with E-state index in [0.717, 1.165) is 18.7 Å². The Labute approximate surface area is 197 Å². The average Bonchev–Trinajstić information content (AvgIpc) is 2.83. The molecule has 4 heteroatoms. The van der Waals surface area contributed by atoms with Gasteiger partial charge in [0.25, 0.3) is 0 Å². The molecule has 0 aliphatic carbocycles. The number of hydrogen-bond donors (Lipinski definition) is 2. The van der Waals surface area contributed by atoms with E-state index in [1.54, 1.807) is 0 Å². The second kappa shape index (κ2) is 10.6. The number of nitrogens with one attached hydrogen (secondary N) is 2. The molecule has 3 saturated heterocycles. The standard InChI is InChI=1S/C28H43N3Si/c1-5-31-27(25-10-6-8-17-29-25)20-24(21-28(31)26-11-7-9-18-30-26)23-14-12-22(13-15-23)16-19-32(2,3)4/h5,12-15,24-30H,1,6-11,17-18,20-21H2,2-4H3. The van der Waals surface area contributed by atoms with Gasteiger partial charge in [-0.15, -0.1) is 5.54 Å². The monoisotopic (exact) mass is 449 g/mol. The first-order valence-electron chi connectivity index (χ1n) is 12.9. The molecule has 1 aromatic rings. The third kappa shape index (κ3) is 5.87. The topological polar surface area (TPSA) is 27.3 Å². The van der Waals surface area contributed by atoms with Crippen LogP contribution in [0.2, 0.25) is 19.6 Å². The Kier molecular flexibility index (Phi) is 7.81. The third-order valence-corrected chi connectivity index (χ3v) is 8.49. The molecule has 1 aromatic carbocycles. The lowest BCUT2D eigenvalue weighted by molar-refractivity contribution is 0.0592. The van der Waals surface area contributed by atoms with E-state index in [-0.39, 0.29) is 0 Å². The highest BCUT2D eigenvalue weighted by Crippen LogP contribution is 2.40. The van der Waals surface area contributed by atoms with Gasteiger partial charge in [0.1, 0.15) is 8.07 Å². The number of hydrogen-bond acceptors (Lipinski definition) is 3. The number of nitrogens with zero attached hydrogens (tertiary/aromatic N) is 1. The molecule has 3 fully saturated rings. The minimum absolute atomic E-state index is 0.534. The second-order valence-corrected chi connectivity index (χ2v) is 15.9. The van der Waals surface area contributed by atoms with Gasteiger partial charge in [-0.25, -0.2) is 0 Å². The molecule has 0 bridgehead atoms. The number of rotatable bonds is 4. The fraction of sp³-hybridized carbons (Fsp3) is 0.643. The molecule has 0 spiro atoms. The van der Waals surface area contributed by atoms with Gasteiger partial charge in [0.05, 0.1) is 0 Å². The van der Waals surface area contributed by atoms with E-state index in [0.29, 0.717) is 30.1 Å². The first-order chi connectivity index (χ1) is 15.4. The summed E-state index contributed by atoms with van der Waals surface area (Å²) in [4.78, 5) is 2.65. The van der Waals surface area contributed by atoms with Gasteiger partial charge < -0.3 is 15.5 Å². The first kappa shape index (κ1) is 23.6. The average molecular weight is 450 g/mol. The number of piperidine rings is 3. The maximum atomic E-state index is 4.28. The Hall–Kier alpha value is -1.54. The predicted octanol–water partition coefficient (Wildman–Crippen LogP) is 5.26. The molecular weight excluding hydrogens is 406 g/mol. The molecule has 32 heavy (non-hydrogen) atoms. The zero-order valence-corrected chi connectivity index (χ0v) is 21.5. The van der Waals surface area contributed by atoms with Gasteiger partial charge in [-0.2, -0.15) is 0 Å². The Bertz CT molecular complexity index is 776. The van der Waals surface area contributed by atoms with Crippen LogP contribution in [0.4, 0.5) is 0 Å². The van der Waals surface area contributed by atoms with Crippen LogP contribution >= 0.6 is 0 Å². The molecule has 3 aliphatic heterocycles. The summed E-state index contributed by atoms with van der Waals surface area (Å²) in [6.45, 7) is 13.5. The normalized spacial score (nSPS) is 31.5. The van der Waals surface area contributed by atoms with E-state index in [1.807, 2.05) is 0 Å². The van der Waals surface area contributed by atoms with Gasteiger partial charge in [-0.05, 0) is 81.4 Å². The minimum Gasteiger partial charge on any atom is -0.369 e. The zero-order chi connectivity index (χ0) is 22.6. The summed E-state index contributed by atoms with van der Waals surface area (Å²) < 4.78 is 0. The summed E-state index contributed by atoms with van der Waals surface area (Å²) in [7, 11) is -1.34. The Morgan fingerprint density at radius 1 is 0.906 bits per heavy atom. The van der Waals surface area contributed by atoms with Crippen molar-refractivity contribution in [3.8, 4) is 11.5 Å². The van der Waals surface area contributed by atoms with Crippen LogP contribution in [0.3, 0.4) is 0 Å². The van der Waals surface area contributed by atoms with Crippen molar-refractivity contribution in [2.75, 3.05) is 13.1 Å². The Morgan fingerprint density at radius 2 is 1.47 bits per heavy atom. The van der Waals surface area contributed by atoms with Gasteiger partial charge in [-0.3, -0.25) is 0 Å². The van der Waals surface area contributed by atoms with Crippen molar-refractivity contribution in [2.45, 2.75) is 101 Å². The molecule has 0 amide bonds. The van der Waals surface area contributed by atoms with Gasteiger partial charge in [0.15, 0.2) is 0 Å². The lowest BCUT2D eigenvalue weighted by atomic mass is 9.75. The van der Waals surface area contributed by atoms with Crippen LogP contribution in [0.25, 0.3) is 0 Å². The Balaban J connectivity index is 1.57. The van der Waals surface area contributed by atoms with Crippen molar-refractivity contribution in [2.24, 2.45) is 0 Å². The van der Waals surface area contributed by atoms with E-state index in [2.05, 4.69) is 83.7 Å². The highest BCUT2D eigenvalue weighted by atomic mass is 28.3. The number of benzene rings is 1. The summed E-state index contributed by atoms with van der Waals surface area (Å²) in [6.07, 6.45) is 12.5. The van der Waals surface area contributed by atoms with Crippen molar-refractivity contribution >= 4 is 8.07 Å². The molecule has 0 saturated carbocycles. The van der Waals surface area contributed by atoms with E-state index >= 15 is 0 Å². The SMILES string of the molecule is C=CN1C(C2CCCCN2)CC(c2ccc(C#C[Si](C)(C)C)cc2)CC1C1CCCCN1. The molecule has 4 rings (SSSR count). The maximum absolute atomic E-state index is 4.28. The molecule has 2 N–H and O–H groups in total. The van der Waals surface area contributed by atoms with Crippen molar-refractivity contribution in [3.63, 3.8) is 0 Å².